The van der Waals surface area contributed by atoms with Gasteiger partial charge in [0.25, 0.3) is 5.91 Å². The summed E-state index contributed by atoms with van der Waals surface area (Å²) in [5.74, 6) is 0.529. The molecule has 1 N–H and O–H groups in total. The van der Waals surface area contributed by atoms with Crippen LogP contribution in [0.5, 0.6) is 5.75 Å². The number of carbonyl (C=O) groups excluding carboxylic acids is 1. The molecule has 1 aromatic carbocycles. The fourth-order valence-electron chi connectivity index (χ4n) is 1.59. The first-order chi connectivity index (χ1) is 10.2. The summed E-state index contributed by atoms with van der Waals surface area (Å²) in [6, 6.07) is 9.26. The molecule has 0 fully saturated rings. The molecular formula is C15H15BrN2O2S. The van der Waals surface area contributed by atoms with E-state index in [4.69, 9.17) is 4.74 Å². The third kappa shape index (κ3) is 4.68. The lowest BCUT2D eigenvalue weighted by Crippen LogP contribution is -2.16. The molecule has 0 aliphatic carbocycles. The standard InChI is InChI=1S/C15H15BrN2O2S/c1-2-7-20-13-6-5-12(16)9-11(13)10-17-18-15(19)14-4-3-8-21-14/h3-6,8-10H,2,7H2,1H3,(H,18,19)/b17-10-. The fourth-order valence-corrected chi connectivity index (χ4v) is 2.58. The molecule has 1 heterocycles. The Kier molecular flexibility index (Phi) is 5.95. The van der Waals surface area contributed by atoms with Gasteiger partial charge < -0.3 is 4.74 Å². The molecule has 0 unspecified atom stereocenters. The summed E-state index contributed by atoms with van der Waals surface area (Å²) in [5, 5.41) is 5.84. The quantitative estimate of drug-likeness (QED) is 0.618. The minimum Gasteiger partial charge on any atom is -0.493 e. The van der Waals surface area contributed by atoms with Crippen molar-refractivity contribution < 1.29 is 9.53 Å². The molecule has 0 radical (unpaired) electrons. The monoisotopic (exact) mass is 366 g/mol. The maximum atomic E-state index is 11.8. The van der Waals surface area contributed by atoms with Crippen LogP contribution in [0.25, 0.3) is 0 Å². The number of thiophene rings is 1. The van der Waals surface area contributed by atoms with E-state index < -0.39 is 0 Å². The predicted octanol–water partition coefficient (Wildman–Crippen LogP) is 4.06. The van der Waals surface area contributed by atoms with E-state index in [2.05, 4.69) is 26.5 Å². The summed E-state index contributed by atoms with van der Waals surface area (Å²) in [6.07, 6.45) is 2.52. The van der Waals surface area contributed by atoms with Gasteiger partial charge in [-0.25, -0.2) is 5.43 Å². The number of ether oxygens (including phenoxy) is 1. The lowest BCUT2D eigenvalue weighted by atomic mass is 10.2. The lowest BCUT2D eigenvalue weighted by molar-refractivity contribution is 0.0959. The Labute approximate surface area is 136 Å². The van der Waals surface area contributed by atoms with Gasteiger partial charge in [0.15, 0.2) is 0 Å². The highest BCUT2D eigenvalue weighted by Gasteiger charge is 2.05. The zero-order valence-electron chi connectivity index (χ0n) is 11.5. The number of rotatable bonds is 6. The summed E-state index contributed by atoms with van der Waals surface area (Å²) in [6.45, 7) is 2.69. The van der Waals surface area contributed by atoms with Gasteiger partial charge in [0.2, 0.25) is 0 Å². The molecular weight excluding hydrogens is 352 g/mol. The second kappa shape index (κ2) is 7.95. The van der Waals surface area contributed by atoms with E-state index in [-0.39, 0.29) is 5.91 Å². The van der Waals surface area contributed by atoms with Gasteiger partial charge in [0.05, 0.1) is 17.7 Å². The second-order valence-corrected chi connectivity index (χ2v) is 6.07. The summed E-state index contributed by atoms with van der Waals surface area (Å²) in [4.78, 5) is 12.4. The Morgan fingerprint density at radius 3 is 3.05 bits per heavy atom. The van der Waals surface area contributed by atoms with Gasteiger partial charge >= 0.3 is 0 Å². The lowest BCUT2D eigenvalue weighted by Gasteiger charge is -2.08. The van der Waals surface area contributed by atoms with Crippen LogP contribution in [0.1, 0.15) is 28.6 Å². The van der Waals surface area contributed by atoms with Gasteiger partial charge in [0, 0.05) is 10.0 Å². The zero-order valence-corrected chi connectivity index (χ0v) is 13.9. The molecule has 0 saturated heterocycles. The number of nitrogens with one attached hydrogen (secondary N) is 1. The van der Waals surface area contributed by atoms with Crippen molar-refractivity contribution in [2.24, 2.45) is 5.10 Å². The van der Waals surface area contributed by atoms with E-state index in [1.165, 1.54) is 11.3 Å². The molecule has 0 bridgehead atoms. The Morgan fingerprint density at radius 2 is 2.33 bits per heavy atom. The average Bonchev–Trinajstić information content (AvgIpc) is 3.00. The number of hydrogen-bond donors (Lipinski definition) is 1. The summed E-state index contributed by atoms with van der Waals surface area (Å²) >= 11 is 4.79. The van der Waals surface area contributed by atoms with Gasteiger partial charge in [-0.05, 0) is 36.1 Å². The zero-order chi connectivity index (χ0) is 15.1. The number of hydrazone groups is 1. The molecule has 4 nitrogen and oxygen atoms in total. The minimum atomic E-state index is -0.215. The van der Waals surface area contributed by atoms with Crippen molar-refractivity contribution in [1.29, 1.82) is 0 Å². The van der Waals surface area contributed by atoms with E-state index in [1.807, 2.05) is 36.6 Å². The normalized spacial score (nSPS) is 10.8. The number of carbonyl (C=O) groups is 1. The van der Waals surface area contributed by atoms with Crippen molar-refractivity contribution in [1.82, 2.24) is 5.43 Å². The Bertz CT molecular complexity index is 627. The van der Waals surface area contributed by atoms with E-state index in [1.54, 1.807) is 12.3 Å². The molecule has 0 spiro atoms. The second-order valence-electron chi connectivity index (χ2n) is 4.21. The summed E-state index contributed by atoms with van der Waals surface area (Å²) < 4.78 is 6.58. The van der Waals surface area contributed by atoms with Crippen LogP contribution < -0.4 is 10.2 Å². The molecule has 0 saturated carbocycles. The molecule has 110 valence electrons. The van der Waals surface area contributed by atoms with Crippen molar-refractivity contribution in [3.05, 3.63) is 50.6 Å². The first-order valence-electron chi connectivity index (χ1n) is 6.50. The highest BCUT2D eigenvalue weighted by molar-refractivity contribution is 9.10. The van der Waals surface area contributed by atoms with Crippen molar-refractivity contribution in [2.45, 2.75) is 13.3 Å². The maximum Gasteiger partial charge on any atom is 0.281 e. The topological polar surface area (TPSA) is 50.7 Å². The highest BCUT2D eigenvalue weighted by atomic mass is 79.9. The average molecular weight is 367 g/mol. The predicted molar refractivity (Wildman–Crippen MR) is 89.3 cm³/mol. The fraction of sp³-hybridized carbons (Fsp3) is 0.200. The molecule has 6 heteroatoms. The van der Waals surface area contributed by atoms with Crippen molar-refractivity contribution >= 4 is 39.4 Å². The van der Waals surface area contributed by atoms with Gasteiger partial charge in [0.1, 0.15) is 5.75 Å². The molecule has 1 amide bonds. The Morgan fingerprint density at radius 1 is 1.48 bits per heavy atom. The third-order valence-electron chi connectivity index (χ3n) is 2.55. The number of nitrogens with zero attached hydrogens (tertiary/aromatic N) is 1. The number of hydrogen-bond acceptors (Lipinski definition) is 4. The van der Waals surface area contributed by atoms with Gasteiger partial charge in [-0.15, -0.1) is 11.3 Å². The van der Waals surface area contributed by atoms with Crippen LogP contribution in [0.3, 0.4) is 0 Å². The molecule has 2 rings (SSSR count). The van der Waals surface area contributed by atoms with Crippen LogP contribution in [0.15, 0.2) is 45.3 Å². The van der Waals surface area contributed by atoms with E-state index >= 15 is 0 Å². The minimum absolute atomic E-state index is 0.215. The summed E-state index contributed by atoms with van der Waals surface area (Å²) in [5.41, 5.74) is 3.32. The molecule has 21 heavy (non-hydrogen) atoms. The molecule has 2 aromatic rings. The van der Waals surface area contributed by atoms with Gasteiger partial charge in [-0.3, -0.25) is 4.79 Å². The highest BCUT2D eigenvalue weighted by Crippen LogP contribution is 2.22. The smallest absolute Gasteiger partial charge is 0.281 e. The maximum absolute atomic E-state index is 11.8. The number of benzene rings is 1. The van der Waals surface area contributed by atoms with E-state index in [0.29, 0.717) is 11.5 Å². The molecule has 0 aliphatic heterocycles. The van der Waals surface area contributed by atoms with Crippen LogP contribution in [0.2, 0.25) is 0 Å². The van der Waals surface area contributed by atoms with Crippen LogP contribution in [-0.4, -0.2) is 18.7 Å². The first-order valence-corrected chi connectivity index (χ1v) is 8.17. The Hall–Kier alpha value is -1.66. The van der Waals surface area contributed by atoms with Crippen molar-refractivity contribution in [3.8, 4) is 5.75 Å². The number of halogens is 1. The van der Waals surface area contributed by atoms with Crippen LogP contribution in [0.4, 0.5) is 0 Å². The Balaban J connectivity index is 2.05. The summed E-state index contributed by atoms with van der Waals surface area (Å²) in [7, 11) is 0. The third-order valence-corrected chi connectivity index (χ3v) is 3.91. The van der Waals surface area contributed by atoms with Crippen LogP contribution >= 0.6 is 27.3 Å². The van der Waals surface area contributed by atoms with Crippen LogP contribution in [0, 0.1) is 0 Å². The van der Waals surface area contributed by atoms with E-state index in [9.17, 15) is 4.79 Å². The first kappa shape index (κ1) is 15.7. The van der Waals surface area contributed by atoms with Crippen molar-refractivity contribution in [2.75, 3.05) is 6.61 Å². The SMILES string of the molecule is CCCOc1ccc(Br)cc1/C=N\NC(=O)c1cccs1. The largest absolute Gasteiger partial charge is 0.493 e. The van der Waals surface area contributed by atoms with Crippen LogP contribution in [-0.2, 0) is 0 Å². The van der Waals surface area contributed by atoms with Gasteiger partial charge in [-0.2, -0.15) is 5.10 Å². The molecule has 0 atom stereocenters. The molecule has 0 aliphatic rings. The van der Waals surface area contributed by atoms with Gasteiger partial charge in [-0.1, -0.05) is 28.9 Å². The van der Waals surface area contributed by atoms with E-state index in [0.717, 1.165) is 22.2 Å². The van der Waals surface area contributed by atoms with Crippen molar-refractivity contribution in [3.63, 3.8) is 0 Å². The molecule has 1 aromatic heterocycles. The number of amides is 1.